The second-order valence-electron chi connectivity index (χ2n) is 8.14. The zero-order chi connectivity index (χ0) is 21.3. The van der Waals surface area contributed by atoms with E-state index in [-0.39, 0.29) is 17.9 Å². The van der Waals surface area contributed by atoms with Crippen LogP contribution in [0.1, 0.15) is 49.0 Å². The Morgan fingerprint density at radius 1 is 1.20 bits per heavy atom. The molecule has 1 aliphatic heterocycles. The Morgan fingerprint density at radius 2 is 2.00 bits per heavy atom. The molecule has 3 atom stereocenters. The number of halogens is 1. The fourth-order valence-corrected chi connectivity index (χ4v) is 5.19. The van der Waals surface area contributed by atoms with Gasteiger partial charge in [0.15, 0.2) is 0 Å². The topological polar surface area (TPSA) is 58.2 Å². The molecule has 2 aliphatic rings. The zero-order valence-corrected chi connectivity index (χ0v) is 18.6. The maximum absolute atomic E-state index is 12.8. The number of anilines is 1. The Hall–Kier alpha value is -2.24. The molecule has 0 spiro atoms. The van der Waals surface area contributed by atoms with Crippen LogP contribution in [0.5, 0.6) is 0 Å². The highest BCUT2D eigenvalue weighted by Crippen LogP contribution is 2.40. The highest BCUT2D eigenvalue weighted by molar-refractivity contribution is 8.04. The molecule has 1 saturated carbocycles. The van der Waals surface area contributed by atoms with Crippen LogP contribution in [0.25, 0.3) is 6.08 Å². The van der Waals surface area contributed by atoms with Crippen molar-refractivity contribution >= 4 is 46.9 Å². The average Bonchev–Trinajstić information content (AvgIpc) is 2.73. The first-order valence-corrected chi connectivity index (χ1v) is 11.5. The minimum atomic E-state index is -0.195. The Morgan fingerprint density at radius 3 is 2.80 bits per heavy atom. The smallest absolute Gasteiger partial charge is 0.262 e. The van der Waals surface area contributed by atoms with Crippen LogP contribution in [0.4, 0.5) is 5.69 Å². The van der Waals surface area contributed by atoms with Gasteiger partial charge in [0.25, 0.3) is 11.8 Å². The Bertz CT molecular complexity index is 1020. The van der Waals surface area contributed by atoms with Crippen LogP contribution in [0.3, 0.4) is 0 Å². The number of benzene rings is 2. The van der Waals surface area contributed by atoms with Crippen molar-refractivity contribution in [1.29, 1.82) is 0 Å². The lowest BCUT2D eigenvalue weighted by Gasteiger charge is -2.34. The van der Waals surface area contributed by atoms with E-state index in [4.69, 9.17) is 11.6 Å². The van der Waals surface area contributed by atoms with Gasteiger partial charge in [-0.05, 0) is 54.2 Å². The second-order valence-corrected chi connectivity index (χ2v) is 9.64. The Balaban J connectivity index is 1.51. The maximum Gasteiger partial charge on any atom is 0.262 e. The number of carbonyl (C=O) groups is 2. The summed E-state index contributed by atoms with van der Waals surface area (Å²) in [6, 6.07) is 13.1. The molecule has 4 rings (SSSR count). The lowest BCUT2D eigenvalue weighted by atomic mass is 9.78. The van der Waals surface area contributed by atoms with E-state index in [9.17, 15) is 9.59 Å². The summed E-state index contributed by atoms with van der Waals surface area (Å²) in [5, 5.41) is 6.71. The van der Waals surface area contributed by atoms with E-state index in [0.717, 1.165) is 23.3 Å². The van der Waals surface area contributed by atoms with Crippen LogP contribution in [-0.4, -0.2) is 17.9 Å². The van der Waals surface area contributed by atoms with Gasteiger partial charge in [0.2, 0.25) is 0 Å². The summed E-state index contributed by atoms with van der Waals surface area (Å²) in [7, 11) is 0. The van der Waals surface area contributed by atoms with Gasteiger partial charge < -0.3 is 10.6 Å². The molecule has 1 aliphatic carbocycles. The lowest BCUT2D eigenvalue weighted by molar-refractivity contribution is -0.112. The van der Waals surface area contributed by atoms with Crippen molar-refractivity contribution in [1.82, 2.24) is 5.32 Å². The maximum atomic E-state index is 12.8. The van der Waals surface area contributed by atoms with Crippen molar-refractivity contribution in [2.45, 2.75) is 44.0 Å². The summed E-state index contributed by atoms with van der Waals surface area (Å²) in [6.45, 7) is 4.47. The van der Waals surface area contributed by atoms with Crippen LogP contribution in [0.2, 0.25) is 5.02 Å². The monoisotopic (exact) mass is 440 g/mol. The number of thioether (sulfide) groups is 1. The van der Waals surface area contributed by atoms with Crippen molar-refractivity contribution in [2.75, 3.05) is 5.32 Å². The molecular weight excluding hydrogens is 416 g/mol. The molecule has 2 amide bonds. The number of rotatable bonds is 3. The molecule has 1 fully saturated rings. The summed E-state index contributed by atoms with van der Waals surface area (Å²) in [5.41, 5.74) is 2.03. The molecule has 156 valence electrons. The number of hydrogen-bond donors (Lipinski definition) is 2. The van der Waals surface area contributed by atoms with Crippen molar-refractivity contribution in [3.05, 3.63) is 63.5 Å². The highest BCUT2D eigenvalue weighted by Gasteiger charge is 2.29. The third-order valence-corrected chi connectivity index (χ3v) is 7.59. The minimum Gasteiger partial charge on any atom is -0.349 e. The van der Waals surface area contributed by atoms with Crippen LogP contribution in [-0.2, 0) is 4.79 Å². The molecule has 0 radical (unpaired) electrons. The number of hydrogen-bond acceptors (Lipinski definition) is 3. The van der Waals surface area contributed by atoms with Crippen molar-refractivity contribution in [2.24, 2.45) is 11.8 Å². The zero-order valence-electron chi connectivity index (χ0n) is 17.1. The van der Waals surface area contributed by atoms with E-state index in [0.29, 0.717) is 33.0 Å². The summed E-state index contributed by atoms with van der Waals surface area (Å²) in [5.74, 6) is 0.805. The largest absolute Gasteiger partial charge is 0.349 e. The van der Waals surface area contributed by atoms with E-state index in [1.165, 1.54) is 18.2 Å². The van der Waals surface area contributed by atoms with E-state index >= 15 is 0 Å². The molecule has 30 heavy (non-hydrogen) atoms. The minimum absolute atomic E-state index is 0.0830. The van der Waals surface area contributed by atoms with E-state index in [1.54, 1.807) is 18.2 Å². The summed E-state index contributed by atoms with van der Waals surface area (Å²) in [6.07, 6.45) is 5.18. The van der Waals surface area contributed by atoms with Gasteiger partial charge in [0.05, 0.1) is 10.6 Å². The van der Waals surface area contributed by atoms with E-state index in [1.807, 2.05) is 30.3 Å². The normalized spacial score (nSPS) is 24.8. The molecule has 0 aromatic heterocycles. The molecule has 6 heteroatoms. The van der Waals surface area contributed by atoms with Gasteiger partial charge >= 0.3 is 0 Å². The molecule has 0 bridgehead atoms. The van der Waals surface area contributed by atoms with Gasteiger partial charge in [-0.25, -0.2) is 0 Å². The van der Waals surface area contributed by atoms with Crippen molar-refractivity contribution < 1.29 is 9.59 Å². The van der Waals surface area contributed by atoms with Crippen LogP contribution >= 0.6 is 23.4 Å². The van der Waals surface area contributed by atoms with Crippen LogP contribution in [0, 0.1) is 11.8 Å². The van der Waals surface area contributed by atoms with Gasteiger partial charge in [0.1, 0.15) is 0 Å². The standard InChI is InChI=1S/C24H25ClN2O2S/c1-14-6-5-9-19(15(14)2)26-23(28)17-10-11-21-20(12-17)27-24(29)22(30-21)13-16-7-3-4-8-18(16)25/h3-4,7-8,10-15,19H,5-6,9H2,1-2H3,(H,26,28)(H,27,29)/b22-13+/t14-,15-,19-/m1/s1. The van der Waals surface area contributed by atoms with Crippen molar-refractivity contribution in [3.8, 4) is 0 Å². The second kappa shape index (κ2) is 8.86. The molecule has 2 N–H and O–H groups in total. The molecule has 2 aromatic carbocycles. The van der Waals surface area contributed by atoms with Crippen molar-refractivity contribution in [3.63, 3.8) is 0 Å². The van der Waals surface area contributed by atoms with Gasteiger partial charge in [-0.3, -0.25) is 9.59 Å². The Labute approximate surface area is 186 Å². The first-order valence-electron chi connectivity index (χ1n) is 10.3. The lowest BCUT2D eigenvalue weighted by Crippen LogP contribution is -2.43. The van der Waals surface area contributed by atoms with Gasteiger partial charge in [-0.15, -0.1) is 0 Å². The number of carbonyl (C=O) groups excluding carboxylic acids is 2. The fourth-order valence-electron chi connectivity index (χ4n) is 4.07. The molecule has 0 unspecified atom stereocenters. The quantitative estimate of drug-likeness (QED) is 0.577. The summed E-state index contributed by atoms with van der Waals surface area (Å²) in [4.78, 5) is 26.9. The first kappa shape index (κ1) is 21.0. The van der Waals surface area contributed by atoms with Gasteiger partial charge in [-0.1, -0.05) is 68.3 Å². The third kappa shape index (κ3) is 4.42. The van der Waals surface area contributed by atoms with E-state index in [2.05, 4.69) is 24.5 Å². The van der Waals surface area contributed by atoms with Gasteiger partial charge in [-0.2, -0.15) is 0 Å². The number of amides is 2. The first-order chi connectivity index (χ1) is 14.4. The SMILES string of the molecule is C[C@@H]1[C@H](C)CCC[C@H]1NC(=O)c1ccc2c(c1)NC(=O)/C(=C\c1ccccc1Cl)S2. The molecule has 4 nitrogen and oxygen atoms in total. The van der Waals surface area contributed by atoms with Crippen LogP contribution < -0.4 is 10.6 Å². The number of fused-ring (bicyclic) bond motifs is 1. The average molecular weight is 441 g/mol. The third-order valence-electron chi connectivity index (χ3n) is 6.15. The molecule has 2 aromatic rings. The number of nitrogens with one attached hydrogen (secondary N) is 2. The predicted molar refractivity (Wildman–Crippen MR) is 124 cm³/mol. The highest BCUT2D eigenvalue weighted by atomic mass is 35.5. The van der Waals surface area contributed by atoms with E-state index < -0.39 is 0 Å². The summed E-state index contributed by atoms with van der Waals surface area (Å²) < 4.78 is 0. The molecule has 0 saturated heterocycles. The molecule has 1 heterocycles. The Kier molecular flexibility index (Phi) is 6.21. The van der Waals surface area contributed by atoms with Crippen LogP contribution in [0.15, 0.2) is 52.3 Å². The summed E-state index contributed by atoms with van der Waals surface area (Å²) >= 11 is 7.60. The predicted octanol–water partition coefficient (Wildman–Crippen LogP) is 5.98. The van der Waals surface area contributed by atoms with Gasteiger partial charge in [0, 0.05) is 21.5 Å². The molecular formula is C24H25ClN2O2S. The fraction of sp³-hybridized carbons (Fsp3) is 0.333.